The first-order chi connectivity index (χ1) is 12.7. The number of aryl methyl sites for hydroxylation is 2. The largest absolute Gasteiger partial charge is 0.461 e. The van der Waals surface area contributed by atoms with E-state index in [1.54, 1.807) is 19.4 Å². The lowest BCUT2D eigenvalue weighted by Crippen LogP contribution is -2.36. The molecule has 3 rings (SSSR count). The second-order valence-corrected chi connectivity index (χ2v) is 5.60. The number of H-pyrrole nitrogens is 1. The Kier molecular flexibility index (Phi) is 7.82. The third-order valence-electron chi connectivity index (χ3n) is 3.96. The van der Waals surface area contributed by atoms with Gasteiger partial charge in [0.1, 0.15) is 11.6 Å². The van der Waals surface area contributed by atoms with Crippen LogP contribution in [0.15, 0.2) is 32.3 Å². The van der Waals surface area contributed by atoms with E-state index < -0.39 is 0 Å². The molecule has 3 N–H and O–H groups in total. The number of nitrogens with zero attached hydrogens (tertiary/aromatic N) is 4. The zero-order valence-corrected chi connectivity index (χ0v) is 17.9. The van der Waals surface area contributed by atoms with Crippen LogP contribution in [-0.2, 0) is 25.9 Å². The highest BCUT2D eigenvalue weighted by Gasteiger charge is 2.14. The van der Waals surface area contributed by atoms with Gasteiger partial charge in [-0.2, -0.15) is 0 Å². The summed E-state index contributed by atoms with van der Waals surface area (Å²) >= 11 is 0. The van der Waals surface area contributed by atoms with E-state index in [-0.39, 0.29) is 24.0 Å². The molecule has 0 spiro atoms. The van der Waals surface area contributed by atoms with Crippen LogP contribution in [0.3, 0.4) is 0 Å². The molecule has 3 aromatic rings. The summed E-state index contributed by atoms with van der Waals surface area (Å²) in [4.78, 5) is 8.63. The van der Waals surface area contributed by atoms with Crippen molar-refractivity contribution in [3.05, 3.63) is 41.2 Å². The van der Waals surface area contributed by atoms with Crippen molar-refractivity contribution >= 4 is 29.9 Å². The fourth-order valence-corrected chi connectivity index (χ4v) is 2.59. The van der Waals surface area contributed by atoms with Gasteiger partial charge in [0.05, 0.1) is 18.5 Å². The average Bonchev–Trinajstić information content (AvgIpc) is 3.41. The highest BCUT2D eigenvalue weighted by molar-refractivity contribution is 14.0. The minimum atomic E-state index is 0. The molecule has 0 aromatic carbocycles. The SMILES string of the molecule is CCc1noc(CC)c1CNC(=NC)NCc1nc(-c2ccco2)n[nH]1.I. The zero-order chi connectivity index (χ0) is 18.4. The fourth-order valence-electron chi connectivity index (χ4n) is 2.59. The lowest BCUT2D eigenvalue weighted by Gasteiger charge is -2.11. The molecule has 0 bridgehead atoms. The lowest BCUT2D eigenvalue weighted by atomic mass is 10.1. The molecule has 0 atom stereocenters. The van der Waals surface area contributed by atoms with Crippen LogP contribution in [0.2, 0.25) is 0 Å². The van der Waals surface area contributed by atoms with Gasteiger partial charge in [0.15, 0.2) is 11.7 Å². The summed E-state index contributed by atoms with van der Waals surface area (Å²) in [5, 5.41) is 17.6. The number of aromatic nitrogens is 4. The number of halogens is 1. The van der Waals surface area contributed by atoms with Crippen LogP contribution < -0.4 is 10.6 Å². The highest BCUT2D eigenvalue weighted by atomic mass is 127. The van der Waals surface area contributed by atoms with Gasteiger partial charge in [0.2, 0.25) is 5.82 Å². The molecule has 9 nitrogen and oxygen atoms in total. The summed E-state index contributed by atoms with van der Waals surface area (Å²) in [6, 6.07) is 3.62. The summed E-state index contributed by atoms with van der Waals surface area (Å²) < 4.78 is 10.7. The van der Waals surface area contributed by atoms with Crippen LogP contribution in [-0.4, -0.2) is 33.3 Å². The van der Waals surface area contributed by atoms with E-state index in [2.05, 4.69) is 49.8 Å². The molecule has 0 saturated heterocycles. The van der Waals surface area contributed by atoms with Crippen LogP contribution in [0, 0.1) is 0 Å². The molecule has 0 aliphatic carbocycles. The standard InChI is InChI=1S/C17H23N7O2.HI/c1-4-12-11(13(5-2)26-24-12)9-19-17(18-3)20-10-15-21-16(23-22-15)14-7-6-8-25-14;/h6-8H,4-5,9-10H2,1-3H3,(H2,18,19,20)(H,21,22,23);1H. The van der Waals surface area contributed by atoms with Crippen LogP contribution in [0.5, 0.6) is 0 Å². The predicted octanol–water partition coefficient (Wildman–Crippen LogP) is 2.66. The van der Waals surface area contributed by atoms with Crippen LogP contribution >= 0.6 is 24.0 Å². The Bertz CT molecular complexity index is 833. The lowest BCUT2D eigenvalue weighted by molar-refractivity contribution is 0.380. The third kappa shape index (κ3) is 5.08. The molecular formula is C17H24IN7O2. The Labute approximate surface area is 174 Å². The Morgan fingerprint density at radius 1 is 1.22 bits per heavy atom. The first-order valence-electron chi connectivity index (χ1n) is 8.61. The normalized spacial score (nSPS) is 11.3. The van der Waals surface area contributed by atoms with E-state index in [0.717, 1.165) is 29.9 Å². The summed E-state index contributed by atoms with van der Waals surface area (Å²) in [7, 11) is 1.72. The number of furan rings is 1. The monoisotopic (exact) mass is 485 g/mol. The van der Waals surface area contributed by atoms with Gasteiger partial charge in [-0.25, -0.2) is 4.98 Å². The van der Waals surface area contributed by atoms with E-state index in [1.165, 1.54) is 0 Å². The van der Waals surface area contributed by atoms with Crippen molar-refractivity contribution in [3.63, 3.8) is 0 Å². The Morgan fingerprint density at radius 2 is 2.04 bits per heavy atom. The Balaban J connectivity index is 0.00000261. The van der Waals surface area contributed by atoms with Gasteiger partial charge in [0, 0.05) is 25.6 Å². The van der Waals surface area contributed by atoms with E-state index in [4.69, 9.17) is 8.94 Å². The van der Waals surface area contributed by atoms with Gasteiger partial charge in [-0.05, 0) is 18.6 Å². The van der Waals surface area contributed by atoms with Gasteiger partial charge in [-0.3, -0.25) is 10.1 Å². The van der Waals surface area contributed by atoms with Crippen molar-refractivity contribution in [1.29, 1.82) is 0 Å². The van der Waals surface area contributed by atoms with Crippen molar-refractivity contribution < 1.29 is 8.94 Å². The fraction of sp³-hybridized carbons (Fsp3) is 0.412. The first kappa shape index (κ1) is 20.9. The summed E-state index contributed by atoms with van der Waals surface area (Å²) in [6.07, 6.45) is 3.24. The summed E-state index contributed by atoms with van der Waals surface area (Å²) in [6.45, 7) is 5.17. The number of aliphatic imine (C=N–C) groups is 1. The molecule has 3 aromatic heterocycles. The molecule has 146 valence electrons. The molecule has 27 heavy (non-hydrogen) atoms. The number of hydrogen-bond acceptors (Lipinski definition) is 6. The number of nitrogens with one attached hydrogen (secondary N) is 3. The molecule has 10 heteroatoms. The van der Waals surface area contributed by atoms with Gasteiger partial charge >= 0.3 is 0 Å². The highest BCUT2D eigenvalue weighted by Crippen LogP contribution is 2.16. The Hall–Kier alpha value is -2.37. The predicted molar refractivity (Wildman–Crippen MR) is 112 cm³/mol. The molecule has 0 unspecified atom stereocenters. The van der Waals surface area contributed by atoms with Crippen LogP contribution in [0.4, 0.5) is 0 Å². The molecule has 0 radical (unpaired) electrons. The van der Waals surface area contributed by atoms with Gasteiger partial charge in [-0.15, -0.1) is 29.1 Å². The quantitative estimate of drug-likeness (QED) is 0.268. The summed E-state index contributed by atoms with van der Waals surface area (Å²) in [5.41, 5.74) is 2.07. The number of aromatic amines is 1. The molecule has 0 aliphatic heterocycles. The molecule has 3 heterocycles. The third-order valence-corrected chi connectivity index (χ3v) is 3.96. The molecular weight excluding hydrogens is 461 g/mol. The van der Waals surface area contributed by atoms with Crippen LogP contribution in [0.25, 0.3) is 11.6 Å². The van der Waals surface area contributed by atoms with Gasteiger partial charge in [-0.1, -0.05) is 19.0 Å². The number of guanidine groups is 1. The maximum absolute atomic E-state index is 5.39. The number of hydrogen-bond donors (Lipinski definition) is 3. The minimum absolute atomic E-state index is 0. The van der Waals surface area contributed by atoms with Crippen molar-refractivity contribution in [3.8, 4) is 11.6 Å². The topological polar surface area (TPSA) is 117 Å². The zero-order valence-electron chi connectivity index (χ0n) is 15.6. The molecule has 0 amide bonds. The van der Waals surface area contributed by atoms with Gasteiger partial charge < -0.3 is 19.6 Å². The van der Waals surface area contributed by atoms with E-state index in [9.17, 15) is 0 Å². The maximum atomic E-state index is 5.39. The Morgan fingerprint density at radius 3 is 2.70 bits per heavy atom. The van der Waals surface area contributed by atoms with Crippen molar-refractivity contribution in [2.24, 2.45) is 4.99 Å². The van der Waals surface area contributed by atoms with Gasteiger partial charge in [0.25, 0.3) is 0 Å². The molecule has 0 fully saturated rings. The smallest absolute Gasteiger partial charge is 0.216 e. The first-order valence-corrected chi connectivity index (χ1v) is 8.61. The van der Waals surface area contributed by atoms with Crippen molar-refractivity contribution in [1.82, 2.24) is 31.0 Å². The second kappa shape index (κ2) is 10.1. The summed E-state index contributed by atoms with van der Waals surface area (Å²) in [5.74, 6) is 3.41. The maximum Gasteiger partial charge on any atom is 0.216 e. The second-order valence-electron chi connectivity index (χ2n) is 5.60. The van der Waals surface area contributed by atoms with Crippen molar-refractivity contribution in [2.45, 2.75) is 39.8 Å². The molecule has 0 aliphatic rings. The minimum Gasteiger partial charge on any atom is -0.461 e. The number of rotatable bonds is 7. The van der Waals surface area contributed by atoms with E-state index in [0.29, 0.717) is 36.5 Å². The molecule has 0 saturated carbocycles. The van der Waals surface area contributed by atoms with E-state index >= 15 is 0 Å². The van der Waals surface area contributed by atoms with E-state index in [1.807, 2.05) is 6.07 Å². The van der Waals surface area contributed by atoms with Crippen molar-refractivity contribution in [2.75, 3.05) is 7.05 Å². The average molecular weight is 485 g/mol. The van der Waals surface area contributed by atoms with Crippen LogP contribution in [0.1, 0.15) is 36.7 Å².